The largest absolute Gasteiger partial charge is 0.280 e. The Bertz CT molecular complexity index is 1120. The molecule has 0 aliphatic heterocycles. The molecule has 0 fully saturated rings. The minimum atomic E-state index is -3.71. The van der Waals surface area contributed by atoms with E-state index in [1.54, 1.807) is 30.3 Å². The van der Waals surface area contributed by atoms with E-state index < -0.39 is 20.0 Å². The van der Waals surface area contributed by atoms with Crippen molar-refractivity contribution in [3.63, 3.8) is 0 Å². The fraction of sp³-hybridized carbons (Fsp3) is 0.0526. The molecule has 0 atom stereocenters. The van der Waals surface area contributed by atoms with E-state index >= 15 is 0 Å². The predicted molar refractivity (Wildman–Crippen MR) is 106 cm³/mol. The molecule has 3 aromatic carbocycles. The quantitative estimate of drug-likeness (QED) is 0.659. The second-order valence-corrected chi connectivity index (χ2v) is 9.28. The molecule has 0 unspecified atom stereocenters. The summed E-state index contributed by atoms with van der Waals surface area (Å²) in [4.78, 5) is 0.302. The average molecular weight is 402 g/mol. The number of aryl methyl sites for hydroxylation is 1. The van der Waals surface area contributed by atoms with Gasteiger partial charge < -0.3 is 0 Å². The summed E-state index contributed by atoms with van der Waals surface area (Å²) in [6, 6.07) is 20.5. The Morgan fingerprint density at radius 3 is 1.41 bits per heavy atom. The van der Waals surface area contributed by atoms with Crippen molar-refractivity contribution in [2.75, 3.05) is 9.44 Å². The molecule has 0 heterocycles. The molecule has 27 heavy (non-hydrogen) atoms. The third-order valence-corrected chi connectivity index (χ3v) is 6.57. The van der Waals surface area contributed by atoms with Crippen LogP contribution in [0.2, 0.25) is 0 Å². The molecule has 0 saturated carbocycles. The van der Waals surface area contributed by atoms with Crippen molar-refractivity contribution in [1.29, 1.82) is 0 Å². The van der Waals surface area contributed by atoms with Gasteiger partial charge in [-0.05, 0) is 55.5 Å². The summed E-state index contributed by atoms with van der Waals surface area (Å²) < 4.78 is 54.3. The van der Waals surface area contributed by atoms with Gasteiger partial charge in [0.2, 0.25) is 0 Å². The standard InChI is InChI=1S/C19H18N2O4S2/c1-15-7-13-19(14-8-15)27(24,25)21-17-11-9-16(10-12-17)20-26(22,23)18-5-3-2-4-6-18/h2-14,20-21H,1H3. The zero-order valence-electron chi connectivity index (χ0n) is 14.5. The second kappa shape index (κ2) is 7.42. The first kappa shape index (κ1) is 18.9. The van der Waals surface area contributed by atoms with E-state index in [-0.39, 0.29) is 9.79 Å². The first-order valence-electron chi connectivity index (χ1n) is 8.04. The highest BCUT2D eigenvalue weighted by Crippen LogP contribution is 2.21. The fourth-order valence-corrected chi connectivity index (χ4v) is 4.49. The van der Waals surface area contributed by atoms with E-state index in [9.17, 15) is 16.8 Å². The number of hydrogen-bond acceptors (Lipinski definition) is 4. The Labute approximate surface area is 159 Å². The van der Waals surface area contributed by atoms with Crippen LogP contribution in [-0.2, 0) is 20.0 Å². The van der Waals surface area contributed by atoms with Gasteiger partial charge >= 0.3 is 0 Å². The van der Waals surface area contributed by atoms with Crippen LogP contribution in [0.3, 0.4) is 0 Å². The lowest BCUT2D eigenvalue weighted by Crippen LogP contribution is -2.14. The summed E-state index contributed by atoms with van der Waals surface area (Å²) in [5.74, 6) is 0. The minimum absolute atomic E-state index is 0.147. The average Bonchev–Trinajstić information content (AvgIpc) is 2.64. The lowest BCUT2D eigenvalue weighted by Gasteiger charge is -2.11. The van der Waals surface area contributed by atoms with E-state index in [1.165, 1.54) is 48.5 Å². The van der Waals surface area contributed by atoms with Crippen LogP contribution in [0.5, 0.6) is 0 Å². The second-order valence-electron chi connectivity index (χ2n) is 5.91. The van der Waals surface area contributed by atoms with E-state index in [1.807, 2.05) is 6.92 Å². The summed E-state index contributed by atoms with van der Waals surface area (Å²) in [6.07, 6.45) is 0. The zero-order chi connectivity index (χ0) is 19.5. The van der Waals surface area contributed by atoms with Gasteiger partial charge in [0, 0.05) is 11.4 Å². The van der Waals surface area contributed by atoms with Crippen LogP contribution in [0.15, 0.2) is 88.7 Å². The van der Waals surface area contributed by atoms with Crippen LogP contribution < -0.4 is 9.44 Å². The van der Waals surface area contributed by atoms with Gasteiger partial charge in [-0.2, -0.15) is 0 Å². The van der Waals surface area contributed by atoms with Gasteiger partial charge in [0.15, 0.2) is 0 Å². The first-order valence-corrected chi connectivity index (χ1v) is 11.0. The number of benzene rings is 3. The molecule has 0 amide bonds. The van der Waals surface area contributed by atoms with Gasteiger partial charge in [0.05, 0.1) is 9.79 Å². The summed E-state index contributed by atoms with van der Waals surface area (Å²) in [6.45, 7) is 1.87. The smallest absolute Gasteiger partial charge is 0.261 e. The predicted octanol–water partition coefficient (Wildman–Crippen LogP) is 3.60. The first-order chi connectivity index (χ1) is 12.8. The van der Waals surface area contributed by atoms with E-state index in [0.29, 0.717) is 11.4 Å². The molecule has 2 N–H and O–H groups in total. The molecular formula is C19H18N2O4S2. The van der Waals surface area contributed by atoms with E-state index in [2.05, 4.69) is 9.44 Å². The number of anilines is 2. The van der Waals surface area contributed by atoms with Crippen LogP contribution in [0.4, 0.5) is 11.4 Å². The van der Waals surface area contributed by atoms with E-state index in [4.69, 9.17) is 0 Å². The third kappa shape index (κ3) is 4.66. The van der Waals surface area contributed by atoms with Crippen molar-refractivity contribution in [1.82, 2.24) is 0 Å². The van der Waals surface area contributed by atoms with Gasteiger partial charge in [-0.1, -0.05) is 35.9 Å². The molecule has 6 nitrogen and oxygen atoms in total. The summed E-state index contributed by atoms with van der Waals surface area (Å²) in [5.41, 5.74) is 1.62. The van der Waals surface area contributed by atoms with Gasteiger partial charge in [-0.15, -0.1) is 0 Å². The maximum atomic E-state index is 12.4. The van der Waals surface area contributed by atoms with Crippen LogP contribution in [0.1, 0.15) is 5.56 Å². The maximum absolute atomic E-state index is 12.4. The van der Waals surface area contributed by atoms with Gasteiger partial charge in [0.1, 0.15) is 0 Å². The lowest BCUT2D eigenvalue weighted by molar-refractivity contribution is 0.599. The van der Waals surface area contributed by atoms with Crippen LogP contribution in [0.25, 0.3) is 0 Å². The molecule has 0 radical (unpaired) electrons. The monoisotopic (exact) mass is 402 g/mol. The van der Waals surface area contributed by atoms with Crippen molar-refractivity contribution >= 4 is 31.4 Å². The highest BCUT2D eigenvalue weighted by atomic mass is 32.2. The summed E-state index contributed by atoms with van der Waals surface area (Å²) in [5, 5.41) is 0. The maximum Gasteiger partial charge on any atom is 0.261 e. The highest BCUT2D eigenvalue weighted by Gasteiger charge is 2.15. The third-order valence-electron chi connectivity index (χ3n) is 3.77. The Morgan fingerprint density at radius 2 is 0.963 bits per heavy atom. The fourth-order valence-electron chi connectivity index (χ4n) is 2.35. The van der Waals surface area contributed by atoms with Crippen LogP contribution in [0, 0.1) is 6.92 Å². The Kier molecular flexibility index (Phi) is 5.20. The van der Waals surface area contributed by atoms with Gasteiger partial charge in [-0.25, -0.2) is 16.8 Å². The molecule has 0 aliphatic rings. The van der Waals surface area contributed by atoms with Crippen molar-refractivity contribution in [2.45, 2.75) is 16.7 Å². The SMILES string of the molecule is Cc1ccc(S(=O)(=O)Nc2ccc(NS(=O)(=O)c3ccccc3)cc2)cc1. The molecule has 0 spiro atoms. The van der Waals surface area contributed by atoms with Crippen molar-refractivity contribution in [3.05, 3.63) is 84.4 Å². The van der Waals surface area contributed by atoms with Crippen molar-refractivity contribution in [2.24, 2.45) is 0 Å². The topological polar surface area (TPSA) is 92.3 Å². The molecule has 8 heteroatoms. The lowest BCUT2D eigenvalue weighted by atomic mass is 10.2. The molecule has 0 aromatic heterocycles. The Balaban J connectivity index is 1.75. The Morgan fingerprint density at radius 1 is 0.556 bits per heavy atom. The van der Waals surface area contributed by atoms with Crippen molar-refractivity contribution < 1.29 is 16.8 Å². The van der Waals surface area contributed by atoms with Gasteiger partial charge in [-0.3, -0.25) is 9.44 Å². The molecule has 3 rings (SSSR count). The van der Waals surface area contributed by atoms with Crippen LogP contribution in [-0.4, -0.2) is 16.8 Å². The van der Waals surface area contributed by atoms with Crippen molar-refractivity contribution in [3.8, 4) is 0 Å². The summed E-state index contributed by atoms with van der Waals surface area (Å²) >= 11 is 0. The normalized spacial score (nSPS) is 11.7. The molecular weight excluding hydrogens is 384 g/mol. The molecule has 0 bridgehead atoms. The number of nitrogens with one attached hydrogen (secondary N) is 2. The molecule has 3 aromatic rings. The van der Waals surface area contributed by atoms with Gasteiger partial charge in [0.25, 0.3) is 20.0 Å². The number of hydrogen-bond donors (Lipinski definition) is 2. The molecule has 0 aliphatic carbocycles. The molecule has 0 saturated heterocycles. The Hall–Kier alpha value is -2.84. The van der Waals surface area contributed by atoms with Crippen LogP contribution >= 0.6 is 0 Å². The molecule has 140 valence electrons. The number of sulfonamides is 2. The summed E-state index contributed by atoms with van der Waals surface area (Å²) in [7, 11) is -7.41. The zero-order valence-corrected chi connectivity index (χ0v) is 16.1. The highest BCUT2D eigenvalue weighted by molar-refractivity contribution is 7.93. The minimum Gasteiger partial charge on any atom is -0.280 e. The number of rotatable bonds is 6. The van der Waals surface area contributed by atoms with E-state index in [0.717, 1.165) is 5.56 Å².